The van der Waals surface area contributed by atoms with Gasteiger partial charge in [0.2, 0.25) is 0 Å². The summed E-state index contributed by atoms with van der Waals surface area (Å²) in [5, 5.41) is 8.35. The molecular formula is C5H10N2O3. The number of nitrogens with zero attached hydrogens (tertiary/aromatic N) is 1. The Morgan fingerprint density at radius 1 is 1.60 bits per heavy atom. The van der Waals surface area contributed by atoms with Crippen molar-refractivity contribution in [2.45, 2.75) is 13.0 Å². The van der Waals surface area contributed by atoms with Gasteiger partial charge in [-0.1, -0.05) is 0 Å². The van der Waals surface area contributed by atoms with E-state index in [-0.39, 0.29) is 0 Å². The summed E-state index contributed by atoms with van der Waals surface area (Å²) in [7, 11) is 1.33. The number of carbonyl (C=O) groups is 2. The molecular weight excluding hydrogens is 136 g/mol. The second-order valence-electron chi connectivity index (χ2n) is 1.96. The summed E-state index contributed by atoms with van der Waals surface area (Å²) < 4.78 is 0. The fourth-order valence-electron chi connectivity index (χ4n) is 0.357. The molecule has 0 spiro atoms. The normalized spacial score (nSPS) is 12.2. The quantitative estimate of drug-likeness (QED) is 0.549. The van der Waals surface area contributed by atoms with Gasteiger partial charge in [-0.25, -0.2) is 9.59 Å². The average molecular weight is 146 g/mol. The van der Waals surface area contributed by atoms with E-state index < -0.39 is 18.0 Å². The Bertz CT molecular complexity index is 139. The van der Waals surface area contributed by atoms with Crippen LogP contribution < -0.4 is 5.73 Å². The molecule has 0 heterocycles. The standard InChI is InChI=1S/C5H10N2O3/c1-3(4(8)9)7(2)5(6)10/h3H,1-2H3,(H2,6,10)(H,8,9)/t3-/m0/s1. The third-order valence-electron chi connectivity index (χ3n) is 1.29. The molecule has 0 bridgehead atoms. The van der Waals surface area contributed by atoms with Crippen molar-refractivity contribution in [1.82, 2.24) is 4.90 Å². The van der Waals surface area contributed by atoms with E-state index >= 15 is 0 Å². The molecule has 0 aliphatic rings. The fraction of sp³-hybridized carbons (Fsp3) is 0.600. The van der Waals surface area contributed by atoms with E-state index in [0.29, 0.717) is 0 Å². The number of amides is 2. The molecule has 1 atom stereocenters. The van der Waals surface area contributed by atoms with E-state index in [1.807, 2.05) is 0 Å². The van der Waals surface area contributed by atoms with Crippen LogP contribution in [0.3, 0.4) is 0 Å². The lowest BCUT2D eigenvalue weighted by Crippen LogP contribution is -2.43. The number of aliphatic carboxylic acids is 1. The molecule has 0 radical (unpaired) electrons. The van der Waals surface area contributed by atoms with E-state index in [2.05, 4.69) is 0 Å². The maximum absolute atomic E-state index is 10.3. The minimum atomic E-state index is -1.07. The van der Waals surface area contributed by atoms with Crippen LogP contribution in [0.1, 0.15) is 6.92 Å². The highest BCUT2D eigenvalue weighted by Crippen LogP contribution is 1.93. The molecule has 10 heavy (non-hydrogen) atoms. The molecule has 0 saturated carbocycles. The number of nitrogens with two attached hydrogens (primary N) is 1. The first kappa shape index (κ1) is 8.74. The Labute approximate surface area is 58.4 Å². The number of primary amides is 1. The Balaban J connectivity index is 4.07. The molecule has 0 aromatic carbocycles. The number of rotatable bonds is 2. The van der Waals surface area contributed by atoms with Gasteiger partial charge in [0, 0.05) is 7.05 Å². The van der Waals surface area contributed by atoms with Crippen LogP contribution in [0.2, 0.25) is 0 Å². The highest BCUT2D eigenvalue weighted by atomic mass is 16.4. The molecule has 0 aliphatic heterocycles. The van der Waals surface area contributed by atoms with Crippen LogP contribution in [0.5, 0.6) is 0 Å². The van der Waals surface area contributed by atoms with Crippen LogP contribution in [-0.4, -0.2) is 35.1 Å². The fourth-order valence-corrected chi connectivity index (χ4v) is 0.357. The Kier molecular flexibility index (Phi) is 2.66. The summed E-state index contributed by atoms with van der Waals surface area (Å²) in [4.78, 5) is 21.5. The molecule has 0 fully saturated rings. The van der Waals surface area contributed by atoms with Crippen molar-refractivity contribution in [2.24, 2.45) is 5.73 Å². The van der Waals surface area contributed by atoms with Gasteiger partial charge in [0.15, 0.2) is 0 Å². The lowest BCUT2D eigenvalue weighted by molar-refractivity contribution is -0.141. The van der Waals surface area contributed by atoms with Crippen molar-refractivity contribution in [2.75, 3.05) is 7.05 Å². The summed E-state index contributed by atoms with van der Waals surface area (Å²) in [5.74, 6) is -1.07. The van der Waals surface area contributed by atoms with Gasteiger partial charge in [-0.2, -0.15) is 0 Å². The SMILES string of the molecule is C[C@@H](C(=O)O)N(C)C(N)=O. The van der Waals surface area contributed by atoms with Gasteiger partial charge < -0.3 is 15.7 Å². The molecule has 0 rings (SSSR count). The first-order chi connectivity index (χ1) is 4.46. The van der Waals surface area contributed by atoms with Crippen molar-refractivity contribution in [3.05, 3.63) is 0 Å². The van der Waals surface area contributed by atoms with Crippen LogP contribution in [0.4, 0.5) is 4.79 Å². The van der Waals surface area contributed by atoms with Crippen molar-refractivity contribution in [3.63, 3.8) is 0 Å². The number of hydrogen-bond donors (Lipinski definition) is 2. The molecule has 5 heteroatoms. The number of carbonyl (C=O) groups excluding carboxylic acids is 1. The van der Waals surface area contributed by atoms with Gasteiger partial charge in [0.1, 0.15) is 6.04 Å². The molecule has 2 amide bonds. The van der Waals surface area contributed by atoms with Gasteiger partial charge in [-0.3, -0.25) is 0 Å². The Morgan fingerprint density at radius 3 is 2.10 bits per heavy atom. The number of carboxylic acids is 1. The molecule has 0 aromatic rings. The molecule has 0 unspecified atom stereocenters. The van der Waals surface area contributed by atoms with Gasteiger partial charge in [-0.05, 0) is 6.92 Å². The number of likely N-dealkylation sites (N-methyl/N-ethyl adjacent to an activating group) is 1. The van der Waals surface area contributed by atoms with Crippen LogP contribution in [-0.2, 0) is 4.79 Å². The topological polar surface area (TPSA) is 83.6 Å². The van der Waals surface area contributed by atoms with Gasteiger partial charge >= 0.3 is 12.0 Å². The van der Waals surface area contributed by atoms with Crippen LogP contribution >= 0.6 is 0 Å². The molecule has 0 saturated heterocycles. The highest BCUT2D eigenvalue weighted by Gasteiger charge is 2.18. The second-order valence-corrected chi connectivity index (χ2v) is 1.96. The lowest BCUT2D eigenvalue weighted by atomic mass is 10.3. The summed E-state index contributed by atoms with van der Waals surface area (Å²) in [6.07, 6.45) is 0. The minimum absolute atomic E-state index is 0.741. The van der Waals surface area contributed by atoms with E-state index in [1.54, 1.807) is 0 Å². The Hall–Kier alpha value is -1.26. The largest absolute Gasteiger partial charge is 0.480 e. The van der Waals surface area contributed by atoms with Crippen molar-refractivity contribution >= 4 is 12.0 Å². The first-order valence-electron chi connectivity index (χ1n) is 2.72. The van der Waals surface area contributed by atoms with Crippen molar-refractivity contribution < 1.29 is 14.7 Å². The number of urea groups is 1. The Morgan fingerprint density at radius 2 is 2.00 bits per heavy atom. The predicted molar refractivity (Wildman–Crippen MR) is 34.4 cm³/mol. The average Bonchev–Trinajstić information content (AvgIpc) is 1.84. The third kappa shape index (κ3) is 1.93. The molecule has 3 N–H and O–H groups in total. The van der Waals surface area contributed by atoms with E-state index in [0.717, 1.165) is 4.90 Å². The summed E-state index contributed by atoms with van der Waals surface area (Å²) in [6, 6.07) is -1.60. The van der Waals surface area contributed by atoms with Crippen LogP contribution in [0, 0.1) is 0 Å². The zero-order valence-corrected chi connectivity index (χ0v) is 5.87. The van der Waals surface area contributed by atoms with Gasteiger partial charge in [0.25, 0.3) is 0 Å². The second kappa shape index (κ2) is 3.05. The summed E-state index contributed by atoms with van der Waals surface area (Å²) in [6.45, 7) is 1.38. The molecule has 5 nitrogen and oxygen atoms in total. The maximum Gasteiger partial charge on any atom is 0.326 e. The maximum atomic E-state index is 10.3. The number of carboxylic acid groups (broad SMARTS) is 1. The first-order valence-corrected chi connectivity index (χ1v) is 2.72. The van der Waals surface area contributed by atoms with Crippen molar-refractivity contribution in [1.29, 1.82) is 0 Å². The molecule has 58 valence electrons. The van der Waals surface area contributed by atoms with E-state index in [1.165, 1.54) is 14.0 Å². The third-order valence-corrected chi connectivity index (χ3v) is 1.29. The summed E-state index contributed by atoms with van der Waals surface area (Å²) in [5.41, 5.74) is 4.80. The zero-order chi connectivity index (χ0) is 8.31. The van der Waals surface area contributed by atoms with Crippen LogP contribution in [0.25, 0.3) is 0 Å². The number of hydrogen-bond acceptors (Lipinski definition) is 2. The highest BCUT2D eigenvalue weighted by molar-refractivity contribution is 5.81. The summed E-state index contributed by atoms with van der Waals surface area (Å²) >= 11 is 0. The zero-order valence-electron chi connectivity index (χ0n) is 5.87. The van der Waals surface area contributed by atoms with Crippen molar-refractivity contribution in [3.8, 4) is 0 Å². The monoisotopic (exact) mass is 146 g/mol. The minimum Gasteiger partial charge on any atom is -0.480 e. The predicted octanol–water partition coefficient (Wildman–Crippen LogP) is -0.530. The lowest BCUT2D eigenvalue weighted by Gasteiger charge is -2.18. The van der Waals surface area contributed by atoms with E-state index in [4.69, 9.17) is 10.8 Å². The molecule has 0 aliphatic carbocycles. The van der Waals surface area contributed by atoms with Gasteiger partial charge in [0.05, 0.1) is 0 Å². The smallest absolute Gasteiger partial charge is 0.326 e. The van der Waals surface area contributed by atoms with Crippen LogP contribution in [0.15, 0.2) is 0 Å². The molecule has 0 aromatic heterocycles. The van der Waals surface area contributed by atoms with E-state index in [9.17, 15) is 9.59 Å². The van der Waals surface area contributed by atoms with Gasteiger partial charge in [-0.15, -0.1) is 0 Å².